The number of piperidine rings is 1. The van der Waals surface area contributed by atoms with Gasteiger partial charge in [0, 0.05) is 24.6 Å². The Bertz CT molecular complexity index is 1060. The number of hydrogen-bond acceptors (Lipinski definition) is 6. The molecule has 0 aliphatic carbocycles. The topological polar surface area (TPSA) is 93.9 Å². The van der Waals surface area contributed by atoms with Crippen LogP contribution in [0.15, 0.2) is 30.3 Å². The van der Waals surface area contributed by atoms with Crippen molar-refractivity contribution in [1.82, 2.24) is 10.2 Å². The van der Waals surface area contributed by atoms with Crippen LogP contribution in [0.4, 0.5) is 5.69 Å². The number of ether oxygens (including phenoxy) is 2. The van der Waals surface area contributed by atoms with E-state index in [9.17, 15) is 9.59 Å². The maximum absolute atomic E-state index is 12.6. The van der Waals surface area contributed by atoms with E-state index in [0.717, 1.165) is 51.7 Å². The number of anilines is 1. The quantitative estimate of drug-likeness (QED) is 0.212. The van der Waals surface area contributed by atoms with Gasteiger partial charge in [0.25, 0.3) is 5.91 Å². The standard InChI is InChI=1S/C27H35Cl2N3O4/c1-35-25-8-7-19(14-22(25)29)24(33)6-4-3-5-11-32-12-9-18(10-13-32)17-31-27(34)20-15-21(28)23(30)16-26(20)36-2/h7-8,14-16,18H,3-6,9-13,17,30H2,1-2H3,(H,31,34). The minimum absolute atomic E-state index is 0.112. The third kappa shape index (κ3) is 7.76. The van der Waals surface area contributed by atoms with Crippen LogP contribution in [0.5, 0.6) is 11.5 Å². The summed E-state index contributed by atoms with van der Waals surface area (Å²) in [5.41, 5.74) is 7.20. The van der Waals surface area contributed by atoms with E-state index in [1.807, 2.05) is 0 Å². The molecule has 7 nitrogen and oxygen atoms in total. The third-order valence-corrected chi connectivity index (χ3v) is 7.30. The van der Waals surface area contributed by atoms with Gasteiger partial charge in [-0.3, -0.25) is 9.59 Å². The predicted molar refractivity (Wildman–Crippen MR) is 145 cm³/mol. The van der Waals surface area contributed by atoms with Gasteiger partial charge in [-0.2, -0.15) is 0 Å². The summed E-state index contributed by atoms with van der Waals surface area (Å²) >= 11 is 12.2. The average molecular weight is 537 g/mol. The van der Waals surface area contributed by atoms with E-state index >= 15 is 0 Å². The lowest BCUT2D eigenvalue weighted by Crippen LogP contribution is -2.39. The largest absolute Gasteiger partial charge is 0.496 e. The molecule has 1 aliphatic heterocycles. The Kier molecular flexibility index (Phi) is 10.7. The number of hydrogen-bond donors (Lipinski definition) is 2. The second-order valence-corrected chi connectivity index (χ2v) is 9.97. The van der Waals surface area contributed by atoms with Crippen molar-refractivity contribution < 1.29 is 19.1 Å². The first-order valence-corrected chi connectivity index (χ1v) is 13.1. The lowest BCUT2D eigenvalue weighted by molar-refractivity contribution is 0.0932. The Labute approximate surface area is 223 Å². The summed E-state index contributed by atoms with van der Waals surface area (Å²) in [6.07, 6.45) is 5.54. The van der Waals surface area contributed by atoms with Gasteiger partial charge in [0.05, 0.1) is 35.5 Å². The molecular weight excluding hydrogens is 501 g/mol. The fourth-order valence-electron chi connectivity index (χ4n) is 4.44. The second kappa shape index (κ2) is 13.7. The Balaban J connectivity index is 1.31. The monoisotopic (exact) mass is 535 g/mol. The molecule has 9 heteroatoms. The molecule has 0 bridgehead atoms. The summed E-state index contributed by atoms with van der Waals surface area (Å²) in [4.78, 5) is 27.5. The van der Waals surface area contributed by atoms with Crippen molar-refractivity contribution in [2.75, 3.05) is 46.1 Å². The van der Waals surface area contributed by atoms with Crippen LogP contribution in [0, 0.1) is 5.92 Å². The van der Waals surface area contributed by atoms with Crippen molar-refractivity contribution in [3.63, 3.8) is 0 Å². The molecule has 0 atom stereocenters. The number of amides is 1. The smallest absolute Gasteiger partial charge is 0.255 e. The Hall–Kier alpha value is -2.48. The van der Waals surface area contributed by atoms with E-state index in [1.165, 1.54) is 7.11 Å². The lowest BCUT2D eigenvalue weighted by atomic mass is 9.96. The number of halogens is 2. The number of methoxy groups -OCH3 is 2. The molecule has 0 spiro atoms. The van der Waals surface area contributed by atoms with Gasteiger partial charge in [0.15, 0.2) is 5.78 Å². The van der Waals surface area contributed by atoms with Gasteiger partial charge in [-0.1, -0.05) is 29.6 Å². The zero-order valence-corrected chi connectivity index (χ0v) is 22.5. The first-order chi connectivity index (χ1) is 17.3. The number of nitrogens with two attached hydrogens (primary N) is 1. The molecule has 1 aliphatic rings. The van der Waals surface area contributed by atoms with Gasteiger partial charge in [0.2, 0.25) is 0 Å². The predicted octanol–water partition coefficient (Wildman–Crippen LogP) is 5.48. The summed E-state index contributed by atoms with van der Waals surface area (Å²) in [7, 11) is 3.06. The number of rotatable bonds is 12. The molecule has 2 aromatic carbocycles. The first-order valence-electron chi connectivity index (χ1n) is 12.3. The minimum Gasteiger partial charge on any atom is -0.496 e. The van der Waals surface area contributed by atoms with Gasteiger partial charge >= 0.3 is 0 Å². The zero-order chi connectivity index (χ0) is 26.1. The van der Waals surface area contributed by atoms with Crippen molar-refractivity contribution in [2.24, 2.45) is 5.92 Å². The summed E-state index contributed by atoms with van der Waals surface area (Å²) in [6.45, 7) is 3.68. The highest BCUT2D eigenvalue weighted by Crippen LogP contribution is 2.29. The lowest BCUT2D eigenvalue weighted by Gasteiger charge is -2.32. The van der Waals surface area contributed by atoms with Crippen LogP contribution in [0.25, 0.3) is 0 Å². The van der Waals surface area contributed by atoms with Crippen LogP contribution in [-0.2, 0) is 0 Å². The molecule has 0 saturated carbocycles. The van der Waals surface area contributed by atoms with Crippen LogP contribution < -0.4 is 20.5 Å². The molecule has 36 heavy (non-hydrogen) atoms. The molecule has 1 heterocycles. The number of nitrogens with zero attached hydrogens (tertiary/aromatic N) is 1. The molecule has 3 N–H and O–H groups in total. The van der Waals surface area contributed by atoms with Gasteiger partial charge in [-0.05, 0) is 75.5 Å². The SMILES string of the molecule is COc1ccc(C(=O)CCCCCN2CCC(CNC(=O)c3cc(Cl)c(N)cc3OC)CC2)cc1Cl. The maximum Gasteiger partial charge on any atom is 0.255 e. The number of carbonyl (C=O) groups excluding carboxylic acids is 2. The van der Waals surface area contributed by atoms with Crippen molar-refractivity contribution >= 4 is 40.6 Å². The fourth-order valence-corrected chi connectivity index (χ4v) is 4.87. The number of ketones is 1. The molecule has 0 unspecified atom stereocenters. The average Bonchev–Trinajstić information content (AvgIpc) is 2.88. The van der Waals surface area contributed by atoms with E-state index < -0.39 is 0 Å². The van der Waals surface area contributed by atoms with E-state index in [1.54, 1.807) is 37.4 Å². The molecule has 0 radical (unpaired) electrons. The first kappa shape index (κ1) is 28.1. The molecule has 1 fully saturated rings. The molecular formula is C27H35Cl2N3O4. The number of likely N-dealkylation sites (tertiary alicyclic amines) is 1. The fraction of sp³-hybridized carbons (Fsp3) is 0.481. The van der Waals surface area contributed by atoms with Crippen molar-refractivity contribution in [3.05, 3.63) is 51.5 Å². The zero-order valence-electron chi connectivity index (χ0n) is 20.9. The van der Waals surface area contributed by atoms with E-state index in [2.05, 4.69) is 10.2 Å². The number of nitrogens with one attached hydrogen (secondary N) is 1. The Morgan fingerprint density at radius 1 is 1.00 bits per heavy atom. The van der Waals surface area contributed by atoms with E-state index in [4.69, 9.17) is 38.4 Å². The number of carbonyl (C=O) groups is 2. The maximum atomic E-state index is 12.6. The third-order valence-electron chi connectivity index (χ3n) is 6.67. The normalized spacial score (nSPS) is 14.4. The highest BCUT2D eigenvalue weighted by atomic mass is 35.5. The number of nitrogen functional groups attached to an aromatic ring is 1. The minimum atomic E-state index is -0.206. The molecule has 196 valence electrons. The molecule has 2 aromatic rings. The number of unbranched alkanes of at least 4 members (excludes halogenated alkanes) is 2. The number of benzene rings is 2. The second-order valence-electron chi connectivity index (χ2n) is 9.15. The molecule has 1 saturated heterocycles. The van der Waals surface area contributed by atoms with Gasteiger partial charge in [-0.25, -0.2) is 0 Å². The summed E-state index contributed by atoms with van der Waals surface area (Å²) in [6, 6.07) is 8.29. The summed E-state index contributed by atoms with van der Waals surface area (Å²) < 4.78 is 10.4. The highest BCUT2D eigenvalue weighted by molar-refractivity contribution is 6.33. The van der Waals surface area contributed by atoms with E-state index in [0.29, 0.717) is 57.2 Å². The van der Waals surface area contributed by atoms with E-state index in [-0.39, 0.29) is 11.7 Å². The van der Waals surface area contributed by atoms with Crippen LogP contribution in [0.2, 0.25) is 10.0 Å². The summed E-state index contributed by atoms with van der Waals surface area (Å²) in [5, 5.41) is 3.81. The van der Waals surface area contributed by atoms with Crippen molar-refractivity contribution in [1.29, 1.82) is 0 Å². The highest BCUT2D eigenvalue weighted by Gasteiger charge is 2.21. The Morgan fingerprint density at radius 2 is 1.72 bits per heavy atom. The Morgan fingerprint density at radius 3 is 2.39 bits per heavy atom. The number of Topliss-reactive ketones (excluding diaryl/α,β-unsaturated/α-hetero) is 1. The summed E-state index contributed by atoms with van der Waals surface area (Å²) in [5.74, 6) is 1.34. The van der Waals surface area contributed by atoms with Crippen LogP contribution >= 0.6 is 23.2 Å². The van der Waals surface area contributed by atoms with Crippen LogP contribution in [0.3, 0.4) is 0 Å². The van der Waals surface area contributed by atoms with Crippen LogP contribution in [-0.4, -0.2) is 57.0 Å². The van der Waals surface area contributed by atoms with Crippen LogP contribution in [0.1, 0.15) is 59.2 Å². The van der Waals surface area contributed by atoms with Crippen molar-refractivity contribution in [3.8, 4) is 11.5 Å². The van der Waals surface area contributed by atoms with Crippen molar-refractivity contribution in [2.45, 2.75) is 38.5 Å². The van der Waals surface area contributed by atoms with Gasteiger partial charge in [0.1, 0.15) is 11.5 Å². The molecule has 0 aromatic heterocycles. The van der Waals surface area contributed by atoms with Gasteiger partial charge < -0.3 is 25.4 Å². The molecule has 3 rings (SSSR count). The van der Waals surface area contributed by atoms with Gasteiger partial charge in [-0.15, -0.1) is 0 Å². The molecule has 1 amide bonds.